The highest BCUT2D eigenvalue weighted by molar-refractivity contribution is 4.88. The summed E-state index contributed by atoms with van der Waals surface area (Å²) in [5.74, 6) is 0.900. The predicted molar refractivity (Wildman–Crippen MR) is 68.1 cm³/mol. The van der Waals surface area contributed by atoms with Gasteiger partial charge in [-0.1, -0.05) is 47.0 Å². The van der Waals surface area contributed by atoms with Gasteiger partial charge < -0.3 is 5.32 Å². The number of nitrogens with one attached hydrogen (secondary N) is 1. The van der Waals surface area contributed by atoms with Gasteiger partial charge in [-0.3, -0.25) is 0 Å². The van der Waals surface area contributed by atoms with Crippen molar-refractivity contribution in [3.05, 3.63) is 0 Å². The maximum absolute atomic E-state index is 3.66. The summed E-state index contributed by atoms with van der Waals surface area (Å²) < 4.78 is 0. The average molecular weight is 211 g/mol. The Hall–Kier alpha value is -0.0400. The van der Waals surface area contributed by atoms with E-state index in [2.05, 4.69) is 33.0 Å². The molecule has 1 N–H and O–H groups in total. The third kappa shape index (κ3) is 4.14. The molecule has 1 atom stereocenters. The zero-order chi connectivity index (χ0) is 11.3. The van der Waals surface area contributed by atoms with Gasteiger partial charge in [0.05, 0.1) is 0 Å². The van der Waals surface area contributed by atoms with Gasteiger partial charge in [-0.2, -0.15) is 0 Å². The van der Waals surface area contributed by atoms with Gasteiger partial charge in [0.1, 0.15) is 0 Å². The second kappa shape index (κ2) is 5.89. The molecule has 15 heavy (non-hydrogen) atoms. The Labute approximate surface area is 96.0 Å². The van der Waals surface area contributed by atoms with Gasteiger partial charge in [0, 0.05) is 12.6 Å². The summed E-state index contributed by atoms with van der Waals surface area (Å²) in [6.45, 7) is 10.5. The highest BCUT2D eigenvalue weighted by Gasteiger charge is 2.34. The van der Waals surface area contributed by atoms with E-state index in [1.807, 2.05) is 0 Å². The summed E-state index contributed by atoms with van der Waals surface area (Å²) >= 11 is 0. The summed E-state index contributed by atoms with van der Waals surface area (Å²) in [5, 5.41) is 3.66. The highest BCUT2D eigenvalue weighted by Crippen LogP contribution is 2.43. The summed E-state index contributed by atoms with van der Waals surface area (Å²) in [4.78, 5) is 0. The molecule has 0 saturated heterocycles. The van der Waals surface area contributed by atoms with Crippen LogP contribution in [-0.2, 0) is 0 Å². The van der Waals surface area contributed by atoms with Gasteiger partial charge in [0.25, 0.3) is 0 Å². The SMILES string of the molecule is CCC(C)CC1(CNC(C)C)CCCC1. The summed E-state index contributed by atoms with van der Waals surface area (Å²) in [6.07, 6.45) is 8.59. The molecule has 0 heterocycles. The molecular formula is C14H29N. The van der Waals surface area contributed by atoms with E-state index < -0.39 is 0 Å². The third-order valence-corrected chi connectivity index (χ3v) is 4.03. The minimum atomic E-state index is 0.638. The first-order valence-corrected chi connectivity index (χ1v) is 6.81. The Balaban J connectivity index is 2.46. The Bertz CT molecular complexity index is 168. The van der Waals surface area contributed by atoms with Crippen molar-refractivity contribution < 1.29 is 0 Å². The fourth-order valence-corrected chi connectivity index (χ4v) is 2.88. The van der Waals surface area contributed by atoms with Crippen LogP contribution in [0, 0.1) is 11.3 Å². The molecule has 0 bridgehead atoms. The van der Waals surface area contributed by atoms with Crippen LogP contribution >= 0.6 is 0 Å². The van der Waals surface area contributed by atoms with Gasteiger partial charge in [-0.25, -0.2) is 0 Å². The molecule has 1 fully saturated rings. The Kier molecular flexibility index (Phi) is 5.11. The molecule has 0 aromatic carbocycles. The van der Waals surface area contributed by atoms with Crippen LogP contribution in [0.25, 0.3) is 0 Å². The van der Waals surface area contributed by atoms with Crippen molar-refractivity contribution in [3.8, 4) is 0 Å². The second-order valence-corrected chi connectivity index (χ2v) is 5.96. The fourth-order valence-electron chi connectivity index (χ4n) is 2.88. The van der Waals surface area contributed by atoms with Crippen LogP contribution in [0.3, 0.4) is 0 Å². The largest absolute Gasteiger partial charge is 0.314 e. The van der Waals surface area contributed by atoms with Crippen molar-refractivity contribution in [2.24, 2.45) is 11.3 Å². The van der Waals surface area contributed by atoms with Crippen LogP contribution in [0.4, 0.5) is 0 Å². The molecule has 1 nitrogen and oxygen atoms in total. The number of hydrogen-bond acceptors (Lipinski definition) is 1. The van der Waals surface area contributed by atoms with Gasteiger partial charge in [-0.05, 0) is 30.6 Å². The zero-order valence-electron chi connectivity index (χ0n) is 11.1. The number of rotatable bonds is 6. The van der Waals surface area contributed by atoms with Crippen molar-refractivity contribution in [2.45, 2.75) is 72.3 Å². The van der Waals surface area contributed by atoms with Crippen LogP contribution in [0.1, 0.15) is 66.2 Å². The van der Waals surface area contributed by atoms with Crippen molar-refractivity contribution >= 4 is 0 Å². The van der Waals surface area contributed by atoms with Gasteiger partial charge in [0.2, 0.25) is 0 Å². The molecule has 1 rings (SSSR count). The molecule has 1 heteroatoms. The first-order valence-electron chi connectivity index (χ1n) is 6.81. The lowest BCUT2D eigenvalue weighted by Crippen LogP contribution is -2.37. The Morgan fingerprint density at radius 1 is 1.13 bits per heavy atom. The summed E-state index contributed by atoms with van der Waals surface area (Å²) in [7, 11) is 0. The first-order chi connectivity index (χ1) is 7.08. The first kappa shape index (κ1) is 13.0. The summed E-state index contributed by atoms with van der Waals surface area (Å²) in [6, 6.07) is 0.638. The van der Waals surface area contributed by atoms with Gasteiger partial charge in [-0.15, -0.1) is 0 Å². The van der Waals surface area contributed by atoms with Crippen molar-refractivity contribution in [1.82, 2.24) is 5.32 Å². The van der Waals surface area contributed by atoms with Crippen molar-refractivity contribution in [1.29, 1.82) is 0 Å². The van der Waals surface area contributed by atoms with E-state index in [1.54, 1.807) is 0 Å². The van der Waals surface area contributed by atoms with Gasteiger partial charge >= 0.3 is 0 Å². The topological polar surface area (TPSA) is 12.0 Å². The van der Waals surface area contributed by atoms with Crippen molar-refractivity contribution in [2.75, 3.05) is 6.54 Å². The van der Waals surface area contributed by atoms with Crippen LogP contribution in [-0.4, -0.2) is 12.6 Å². The van der Waals surface area contributed by atoms with E-state index in [0.29, 0.717) is 11.5 Å². The fraction of sp³-hybridized carbons (Fsp3) is 1.00. The maximum atomic E-state index is 3.66. The smallest absolute Gasteiger partial charge is 0.00106 e. The molecule has 90 valence electrons. The Morgan fingerprint density at radius 3 is 2.20 bits per heavy atom. The average Bonchev–Trinajstić information content (AvgIpc) is 2.64. The zero-order valence-corrected chi connectivity index (χ0v) is 11.1. The standard InChI is InChI=1S/C14H29N/c1-5-13(4)10-14(8-6-7-9-14)11-15-12(2)3/h12-13,15H,5-11H2,1-4H3. The van der Waals surface area contributed by atoms with E-state index in [9.17, 15) is 0 Å². The molecular weight excluding hydrogens is 182 g/mol. The van der Waals surface area contributed by atoms with Gasteiger partial charge in [0.15, 0.2) is 0 Å². The highest BCUT2D eigenvalue weighted by atomic mass is 14.9. The summed E-state index contributed by atoms with van der Waals surface area (Å²) in [5.41, 5.74) is 0.639. The predicted octanol–water partition coefficient (Wildman–Crippen LogP) is 3.98. The lowest BCUT2D eigenvalue weighted by atomic mass is 9.77. The molecule has 1 unspecified atom stereocenters. The molecule has 1 aliphatic carbocycles. The minimum Gasteiger partial charge on any atom is -0.314 e. The van der Waals surface area contributed by atoms with E-state index in [0.717, 1.165) is 5.92 Å². The lowest BCUT2D eigenvalue weighted by Gasteiger charge is -2.33. The van der Waals surface area contributed by atoms with E-state index >= 15 is 0 Å². The van der Waals surface area contributed by atoms with Crippen LogP contribution in [0.2, 0.25) is 0 Å². The molecule has 0 aromatic heterocycles. The number of hydrogen-bond donors (Lipinski definition) is 1. The molecule has 1 aliphatic rings. The molecule has 0 aliphatic heterocycles. The molecule has 1 saturated carbocycles. The lowest BCUT2D eigenvalue weighted by molar-refractivity contribution is 0.209. The molecule has 0 radical (unpaired) electrons. The van der Waals surface area contributed by atoms with Crippen LogP contribution in [0.15, 0.2) is 0 Å². The quantitative estimate of drug-likeness (QED) is 0.700. The maximum Gasteiger partial charge on any atom is 0.00106 e. The van der Waals surface area contributed by atoms with E-state index in [4.69, 9.17) is 0 Å². The van der Waals surface area contributed by atoms with E-state index in [-0.39, 0.29) is 0 Å². The normalized spacial score (nSPS) is 22.2. The Morgan fingerprint density at radius 2 is 1.73 bits per heavy atom. The van der Waals surface area contributed by atoms with Crippen molar-refractivity contribution in [3.63, 3.8) is 0 Å². The van der Waals surface area contributed by atoms with E-state index in [1.165, 1.54) is 45.1 Å². The second-order valence-electron chi connectivity index (χ2n) is 5.96. The molecule has 0 amide bonds. The van der Waals surface area contributed by atoms with Crippen LogP contribution in [0.5, 0.6) is 0 Å². The third-order valence-electron chi connectivity index (χ3n) is 4.03. The molecule has 0 spiro atoms. The minimum absolute atomic E-state index is 0.638. The van der Waals surface area contributed by atoms with Crippen LogP contribution < -0.4 is 5.32 Å². The monoisotopic (exact) mass is 211 g/mol. The molecule has 0 aromatic rings.